The largest absolute Gasteiger partial charge is 0.507 e. The predicted molar refractivity (Wildman–Crippen MR) is 61.5 cm³/mol. The van der Waals surface area contributed by atoms with E-state index in [1.165, 1.54) is 24.8 Å². The fraction of sp³-hybridized carbons (Fsp3) is 0.500. The first-order valence-corrected chi connectivity index (χ1v) is 5.61. The highest BCUT2D eigenvalue weighted by atomic mass is 19.1. The van der Waals surface area contributed by atoms with Gasteiger partial charge in [0, 0.05) is 12.3 Å². The van der Waals surface area contributed by atoms with Gasteiger partial charge in [0.15, 0.2) is 0 Å². The Kier molecular flexibility index (Phi) is 2.88. The SMILES string of the molecule is COC(=O)c1cn(C2(C(C)F)CC2)c(=O)cc1O. The van der Waals surface area contributed by atoms with E-state index in [0.29, 0.717) is 12.8 Å². The summed E-state index contributed by atoms with van der Waals surface area (Å²) in [4.78, 5) is 23.2. The summed E-state index contributed by atoms with van der Waals surface area (Å²) < 4.78 is 19.3. The lowest BCUT2D eigenvalue weighted by Crippen LogP contribution is -2.36. The summed E-state index contributed by atoms with van der Waals surface area (Å²) in [6.45, 7) is 1.38. The first-order valence-electron chi connectivity index (χ1n) is 5.61. The molecule has 98 valence electrons. The summed E-state index contributed by atoms with van der Waals surface area (Å²) in [6, 6.07) is 0.911. The van der Waals surface area contributed by atoms with Crippen LogP contribution in [-0.2, 0) is 10.3 Å². The maximum Gasteiger partial charge on any atom is 0.343 e. The van der Waals surface area contributed by atoms with Crippen molar-refractivity contribution in [2.45, 2.75) is 31.5 Å². The van der Waals surface area contributed by atoms with Gasteiger partial charge in [-0.05, 0) is 19.8 Å². The Bertz CT molecular complexity index is 545. The Morgan fingerprint density at radius 3 is 2.67 bits per heavy atom. The van der Waals surface area contributed by atoms with Gasteiger partial charge in [-0.25, -0.2) is 9.18 Å². The molecule has 5 nitrogen and oxygen atoms in total. The molecule has 1 fully saturated rings. The molecule has 0 aliphatic heterocycles. The zero-order valence-electron chi connectivity index (χ0n) is 10.1. The lowest BCUT2D eigenvalue weighted by Gasteiger charge is -2.20. The Balaban J connectivity index is 2.56. The second-order valence-electron chi connectivity index (χ2n) is 4.49. The van der Waals surface area contributed by atoms with Gasteiger partial charge < -0.3 is 14.4 Å². The summed E-state index contributed by atoms with van der Waals surface area (Å²) in [5.41, 5.74) is -1.54. The van der Waals surface area contributed by atoms with Crippen LogP contribution in [0.25, 0.3) is 0 Å². The monoisotopic (exact) mass is 255 g/mol. The first-order chi connectivity index (χ1) is 8.42. The van der Waals surface area contributed by atoms with Gasteiger partial charge in [0.05, 0.1) is 12.6 Å². The summed E-state index contributed by atoms with van der Waals surface area (Å²) in [7, 11) is 1.17. The molecule has 1 heterocycles. The second kappa shape index (κ2) is 4.12. The lowest BCUT2D eigenvalue weighted by molar-refractivity contribution is 0.0595. The molecule has 0 amide bonds. The molecule has 0 saturated heterocycles. The molecule has 18 heavy (non-hydrogen) atoms. The minimum Gasteiger partial charge on any atom is -0.507 e. The van der Waals surface area contributed by atoms with Crippen molar-refractivity contribution in [2.24, 2.45) is 0 Å². The molecule has 1 N–H and O–H groups in total. The van der Waals surface area contributed by atoms with Gasteiger partial charge in [-0.15, -0.1) is 0 Å². The van der Waals surface area contributed by atoms with Gasteiger partial charge >= 0.3 is 5.97 Å². The number of carbonyl (C=O) groups is 1. The van der Waals surface area contributed by atoms with Gasteiger partial charge in [0.2, 0.25) is 0 Å². The van der Waals surface area contributed by atoms with Gasteiger partial charge in [-0.3, -0.25) is 4.79 Å². The van der Waals surface area contributed by atoms with Crippen molar-refractivity contribution >= 4 is 5.97 Å². The molecular formula is C12H14FNO4. The molecule has 1 saturated carbocycles. The fourth-order valence-electron chi connectivity index (χ4n) is 2.10. The molecule has 0 aromatic carbocycles. The molecule has 6 heteroatoms. The number of aromatic nitrogens is 1. The Morgan fingerprint density at radius 1 is 1.61 bits per heavy atom. The van der Waals surface area contributed by atoms with Crippen LogP contribution in [0, 0.1) is 0 Å². The van der Waals surface area contributed by atoms with Crippen LogP contribution in [0.4, 0.5) is 4.39 Å². The van der Waals surface area contributed by atoms with E-state index in [9.17, 15) is 19.1 Å². The number of carbonyl (C=O) groups excluding carboxylic acids is 1. The molecule has 0 radical (unpaired) electrons. The van der Waals surface area contributed by atoms with E-state index in [1.54, 1.807) is 0 Å². The van der Waals surface area contributed by atoms with E-state index in [4.69, 9.17) is 0 Å². The van der Waals surface area contributed by atoms with Crippen molar-refractivity contribution < 1.29 is 19.0 Å². The van der Waals surface area contributed by atoms with Crippen molar-refractivity contribution in [2.75, 3.05) is 7.11 Å². The van der Waals surface area contributed by atoms with Crippen LogP contribution < -0.4 is 5.56 Å². The number of halogens is 1. The van der Waals surface area contributed by atoms with E-state index < -0.39 is 29.0 Å². The molecular weight excluding hydrogens is 241 g/mol. The molecule has 0 bridgehead atoms. The molecule has 1 atom stereocenters. The quantitative estimate of drug-likeness (QED) is 0.824. The lowest BCUT2D eigenvalue weighted by atomic mass is 10.1. The van der Waals surface area contributed by atoms with E-state index in [1.807, 2.05) is 0 Å². The second-order valence-corrected chi connectivity index (χ2v) is 4.49. The van der Waals surface area contributed by atoms with Gasteiger partial charge in [-0.1, -0.05) is 0 Å². The van der Waals surface area contributed by atoms with E-state index in [0.717, 1.165) is 6.07 Å². The third kappa shape index (κ3) is 1.77. The fourth-order valence-corrected chi connectivity index (χ4v) is 2.10. The number of aromatic hydroxyl groups is 1. The van der Waals surface area contributed by atoms with E-state index in [2.05, 4.69) is 4.74 Å². The van der Waals surface area contributed by atoms with Crippen LogP contribution in [0.2, 0.25) is 0 Å². The van der Waals surface area contributed by atoms with Crippen LogP contribution in [0.5, 0.6) is 5.75 Å². The highest BCUT2D eigenvalue weighted by Crippen LogP contribution is 2.47. The van der Waals surface area contributed by atoms with Crippen LogP contribution in [0.1, 0.15) is 30.1 Å². The molecule has 1 aliphatic carbocycles. The number of ether oxygens (including phenoxy) is 1. The number of hydrogen-bond donors (Lipinski definition) is 1. The molecule has 1 aliphatic rings. The zero-order valence-corrected chi connectivity index (χ0v) is 10.1. The molecule has 2 rings (SSSR count). The summed E-state index contributed by atoms with van der Waals surface area (Å²) >= 11 is 0. The summed E-state index contributed by atoms with van der Waals surface area (Å²) in [5.74, 6) is -1.21. The van der Waals surface area contributed by atoms with Crippen LogP contribution >= 0.6 is 0 Å². The van der Waals surface area contributed by atoms with E-state index in [-0.39, 0.29) is 5.56 Å². The minimum atomic E-state index is -1.20. The highest BCUT2D eigenvalue weighted by molar-refractivity contribution is 5.91. The predicted octanol–water partition coefficient (Wildman–Crippen LogP) is 1.19. The van der Waals surface area contributed by atoms with Crippen molar-refractivity contribution in [1.29, 1.82) is 0 Å². The Morgan fingerprint density at radius 2 is 2.22 bits per heavy atom. The van der Waals surface area contributed by atoms with E-state index >= 15 is 0 Å². The number of hydrogen-bond acceptors (Lipinski definition) is 4. The average Bonchev–Trinajstić information content (AvgIpc) is 3.09. The third-order valence-electron chi connectivity index (χ3n) is 3.42. The normalized spacial score (nSPS) is 18.2. The molecule has 1 aromatic rings. The third-order valence-corrected chi connectivity index (χ3v) is 3.42. The maximum atomic E-state index is 13.6. The Hall–Kier alpha value is -1.85. The number of methoxy groups -OCH3 is 1. The van der Waals surface area contributed by atoms with Crippen LogP contribution in [0.15, 0.2) is 17.1 Å². The molecule has 0 spiro atoms. The number of nitrogens with zero attached hydrogens (tertiary/aromatic N) is 1. The van der Waals surface area contributed by atoms with Crippen molar-refractivity contribution in [3.63, 3.8) is 0 Å². The average molecular weight is 255 g/mol. The Labute approximate surface area is 103 Å². The van der Waals surface area contributed by atoms with Crippen LogP contribution in [0.3, 0.4) is 0 Å². The maximum absolute atomic E-state index is 13.6. The van der Waals surface area contributed by atoms with Crippen LogP contribution in [-0.4, -0.2) is 28.9 Å². The van der Waals surface area contributed by atoms with Crippen molar-refractivity contribution in [3.8, 4) is 5.75 Å². The number of esters is 1. The van der Waals surface area contributed by atoms with Crippen molar-refractivity contribution in [3.05, 3.63) is 28.2 Å². The first kappa shape index (κ1) is 12.6. The topological polar surface area (TPSA) is 68.5 Å². The van der Waals surface area contributed by atoms with Gasteiger partial charge in [-0.2, -0.15) is 0 Å². The smallest absolute Gasteiger partial charge is 0.343 e. The molecule has 1 aromatic heterocycles. The molecule has 1 unspecified atom stereocenters. The number of pyridine rings is 1. The van der Waals surface area contributed by atoms with Gasteiger partial charge in [0.1, 0.15) is 17.5 Å². The number of alkyl halides is 1. The summed E-state index contributed by atoms with van der Waals surface area (Å²) in [6.07, 6.45) is 1.05. The highest BCUT2D eigenvalue weighted by Gasteiger charge is 2.50. The minimum absolute atomic E-state index is 0.135. The number of rotatable bonds is 3. The van der Waals surface area contributed by atoms with Crippen molar-refractivity contribution in [1.82, 2.24) is 4.57 Å². The standard InChI is InChI=1S/C12H14FNO4/c1-7(13)12(3-4-12)14-6-8(11(17)18-2)9(15)5-10(14)16/h5-7,15H,3-4H2,1-2H3. The zero-order chi connectivity index (χ0) is 13.5. The summed E-state index contributed by atoms with van der Waals surface area (Å²) in [5, 5.41) is 9.53. The van der Waals surface area contributed by atoms with Gasteiger partial charge in [0.25, 0.3) is 5.56 Å².